The number of ether oxygens (including phenoxy) is 2. The second-order valence-corrected chi connectivity index (χ2v) is 5.28. The molecule has 0 fully saturated rings. The Kier molecular flexibility index (Phi) is 4.02. The van der Waals surface area contributed by atoms with Crippen molar-refractivity contribution in [2.24, 2.45) is 4.99 Å². The van der Waals surface area contributed by atoms with Gasteiger partial charge in [0.1, 0.15) is 5.75 Å². The van der Waals surface area contributed by atoms with Gasteiger partial charge in [0.2, 0.25) is 0 Å². The van der Waals surface area contributed by atoms with Crippen molar-refractivity contribution in [1.82, 2.24) is 0 Å². The number of benzene rings is 1. The van der Waals surface area contributed by atoms with Crippen molar-refractivity contribution in [3.63, 3.8) is 0 Å². The van der Waals surface area contributed by atoms with Crippen LogP contribution in [0.2, 0.25) is 5.02 Å². The van der Waals surface area contributed by atoms with Gasteiger partial charge in [0.25, 0.3) is 0 Å². The summed E-state index contributed by atoms with van der Waals surface area (Å²) in [5.74, 6) is 0.579. The van der Waals surface area contributed by atoms with Gasteiger partial charge in [0.05, 0.1) is 18.7 Å². The van der Waals surface area contributed by atoms with Gasteiger partial charge in [0, 0.05) is 16.1 Å². The van der Waals surface area contributed by atoms with Gasteiger partial charge in [-0.25, -0.2) is 4.79 Å². The summed E-state index contributed by atoms with van der Waals surface area (Å²) in [5, 5.41) is 0.274. The molecule has 1 aliphatic rings. The largest absolute Gasteiger partial charge is 0.496 e. The van der Waals surface area contributed by atoms with E-state index in [9.17, 15) is 4.79 Å². The molecule has 0 saturated carbocycles. The Morgan fingerprint density at radius 2 is 2.21 bits per heavy atom. The van der Waals surface area contributed by atoms with Crippen LogP contribution in [0.5, 0.6) is 5.75 Å². The number of carbonyl (C=O) groups excluding carboxylic acids is 1. The quantitative estimate of drug-likeness (QED) is 0.785. The van der Waals surface area contributed by atoms with Crippen LogP contribution in [0.15, 0.2) is 11.1 Å². The molecular formula is C13H13Cl2NO3. The highest BCUT2D eigenvalue weighted by Crippen LogP contribution is 2.42. The zero-order valence-corrected chi connectivity index (χ0v) is 12.2. The summed E-state index contributed by atoms with van der Waals surface area (Å²) in [6.45, 7) is 3.66. The zero-order valence-electron chi connectivity index (χ0n) is 10.7. The summed E-state index contributed by atoms with van der Waals surface area (Å²) < 4.78 is 10.5. The van der Waals surface area contributed by atoms with E-state index < -0.39 is 12.2 Å². The maximum atomic E-state index is 11.1. The molecule has 102 valence electrons. The van der Waals surface area contributed by atoms with Crippen LogP contribution in [0.1, 0.15) is 35.1 Å². The Bertz CT molecular complexity index is 555. The molecule has 1 heterocycles. The van der Waals surface area contributed by atoms with Gasteiger partial charge in [-0.3, -0.25) is 0 Å². The molecule has 0 saturated heterocycles. The Morgan fingerprint density at radius 1 is 1.53 bits per heavy atom. The highest BCUT2D eigenvalue weighted by Gasteiger charge is 2.29. The highest BCUT2D eigenvalue weighted by molar-refractivity contribution is 6.32. The smallest absolute Gasteiger partial charge is 0.434 e. The molecule has 2 atom stereocenters. The fraction of sp³-hybridized carbons (Fsp3) is 0.385. The van der Waals surface area contributed by atoms with Gasteiger partial charge >= 0.3 is 6.09 Å². The normalized spacial score (nSPS) is 19.4. The molecule has 0 aromatic heterocycles. The first kappa shape index (κ1) is 14.2. The Balaban J connectivity index is 2.63. The van der Waals surface area contributed by atoms with E-state index in [1.54, 1.807) is 13.2 Å². The fourth-order valence-electron chi connectivity index (χ4n) is 2.06. The number of carbonyl (C=O) groups is 1. The average molecular weight is 302 g/mol. The van der Waals surface area contributed by atoms with Gasteiger partial charge < -0.3 is 9.47 Å². The number of rotatable bonds is 3. The zero-order chi connectivity index (χ0) is 14.2. The minimum Gasteiger partial charge on any atom is -0.496 e. The van der Waals surface area contributed by atoms with Crippen molar-refractivity contribution < 1.29 is 14.3 Å². The lowest BCUT2D eigenvalue weighted by Gasteiger charge is -2.20. The van der Waals surface area contributed by atoms with Crippen molar-refractivity contribution >= 4 is 35.5 Å². The van der Waals surface area contributed by atoms with Gasteiger partial charge in [-0.05, 0) is 25.5 Å². The number of nitrogens with zero attached hydrogens (tertiary/aromatic N) is 1. The van der Waals surface area contributed by atoms with E-state index in [1.807, 2.05) is 13.8 Å². The van der Waals surface area contributed by atoms with Crippen molar-refractivity contribution in [2.45, 2.75) is 25.3 Å². The van der Waals surface area contributed by atoms with Crippen molar-refractivity contribution in [3.8, 4) is 5.75 Å². The number of halogens is 2. The van der Waals surface area contributed by atoms with Crippen LogP contribution in [0, 0.1) is 6.92 Å². The lowest BCUT2D eigenvalue weighted by molar-refractivity contribution is 0.148. The molecule has 1 amide bonds. The standard InChI is InChI=1S/C13H13Cl2NO3/c1-6-9(15)4-8(7(2)14)12(18-3)11(6)10-5-16-13(17)19-10/h4-5,7,10H,1-3H3. The molecule has 0 spiro atoms. The molecule has 19 heavy (non-hydrogen) atoms. The molecule has 1 aliphatic heterocycles. The maximum absolute atomic E-state index is 11.1. The second-order valence-electron chi connectivity index (χ2n) is 4.22. The third-order valence-corrected chi connectivity index (χ3v) is 3.64. The number of aliphatic imine (C=N–C) groups is 1. The molecule has 0 bridgehead atoms. The molecule has 4 nitrogen and oxygen atoms in total. The predicted octanol–water partition coefficient (Wildman–Crippen LogP) is 4.22. The Hall–Kier alpha value is -1.26. The molecule has 0 N–H and O–H groups in total. The number of alkyl halides is 1. The van der Waals surface area contributed by atoms with E-state index in [2.05, 4.69) is 4.99 Å². The topological polar surface area (TPSA) is 47.9 Å². The molecule has 2 rings (SSSR count). The Morgan fingerprint density at radius 3 is 2.68 bits per heavy atom. The van der Waals surface area contributed by atoms with E-state index in [4.69, 9.17) is 32.7 Å². The van der Waals surface area contributed by atoms with Crippen LogP contribution in [0.25, 0.3) is 0 Å². The van der Waals surface area contributed by atoms with Crippen molar-refractivity contribution in [2.75, 3.05) is 7.11 Å². The summed E-state index contributed by atoms with van der Waals surface area (Å²) in [6.07, 6.45) is 0.230. The number of methoxy groups -OCH3 is 1. The molecule has 2 unspecified atom stereocenters. The number of cyclic esters (lactones) is 1. The third kappa shape index (κ3) is 2.55. The first-order valence-corrected chi connectivity index (χ1v) is 6.53. The number of amides is 1. The monoisotopic (exact) mass is 301 g/mol. The maximum Gasteiger partial charge on any atom is 0.434 e. The van der Waals surface area contributed by atoms with Crippen LogP contribution >= 0.6 is 23.2 Å². The van der Waals surface area contributed by atoms with Gasteiger partial charge in [-0.1, -0.05) is 11.6 Å². The SMILES string of the molecule is COc1c(C(C)Cl)cc(Cl)c(C)c1C1C=NC(=O)O1. The van der Waals surface area contributed by atoms with Gasteiger partial charge in [-0.2, -0.15) is 4.99 Å². The van der Waals surface area contributed by atoms with Crippen LogP contribution < -0.4 is 4.74 Å². The fourth-order valence-corrected chi connectivity index (χ4v) is 2.44. The second kappa shape index (κ2) is 5.39. The van der Waals surface area contributed by atoms with E-state index in [-0.39, 0.29) is 5.38 Å². The lowest BCUT2D eigenvalue weighted by Crippen LogP contribution is -2.09. The summed E-state index contributed by atoms with van der Waals surface area (Å²) in [6, 6.07) is 1.77. The molecule has 1 aromatic carbocycles. The lowest BCUT2D eigenvalue weighted by atomic mass is 9.97. The molecular weight excluding hydrogens is 289 g/mol. The van der Waals surface area contributed by atoms with Crippen LogP contribution in [-0.4, -0.2) is 19.4 Å². The van der Waals surface area contributed by atoms with E-state index in [1.165, 1.54) is 6.21 Å². The highest BCUT2D eigenvalue weighted by atomic mass is 35.5. The molecule has 0 aliphatic carbocycles. The van der Waals surface area contributed by atoms with E-state index >= 15 is 0 Å². The summed E-state index contributed by atoms with van der Waals surface area (Å²) in [7, 11) is 1.54. The Labute approximate surface area is 121 Å². The van der Waals surface area contributed by atoms with Crippen LogP contribution in [-0.2, 0) is 4.74 Å². The minimum atomic E-state index is -0.619. The molecule has 0 radical (unpaired) electrons. The minimum absolute atomic E-state index is 0.277. The van der Waals surface area contributed by atoms with Gasteiger partial charge in [0.15, 0.2) is 6.10 Å². The third-order valence-electron chi connectivity index (χ3n) is 3.01. The summed E-state index contributed by atoms with van der Waals surface area (Å²) >= 11 is 12.3. The van der Waals surface area contributed by atoms with Gasteiger partial charge in [-0.15, -0.1) is 11.6 Å². The average Bonchev–Trinajstić information content (AvgIpc) is 2.77. The first-order chi connectivity index (χ1) is 8.95. The van der Waals surface area contributed by atoms with Crippen LogP contribution in [0.4, 0.5) is 4.79 Å². The number of hydrogen-bond acceptors (Lipinski definition) is 3. The van der Waals surface area contributed by atoms with Crippen molar-refractivity contribution in [1.29, 1.82) is 0 Å². The van der Waals surface area contributed by atoms with Crippen molar-refractivity contribution in [3.05, 3.63) is 27.8 Å². The van der Waals surface area contributed by atoms with E-state index in [0.29, 0.717) is 16.3 Å². The first-order valence-electron chi connectivity index (χ1n) is 5.71. The van der Waals surface area contributed by atoms with Crippen LogP contribution in [0.3, 0.4) is 0 Å². The number of hydrogen-bond donors (Lipinski definition) is 0. The summed E-state index contributed by atoms with van der Waals surface area (Å²) in [4.78, 5) is 14.7. The molecule has 6 heteroatoms. The summed E-state index contributed by atoms with van der Waals surface area (Å²) in [5.41, 5.74) is 2.23. The molecule has 1 aromatic rings. The van der Waals surface area contributed by atoms with E-state index in [0.717, 1.165) is 11.1 Å². The predicted molar refractivity (Wildman–Crippen MR) is 74.7 cm³/mol.